The van der Waals surface area contributed by atoms with Gasteiger partial charge in [0.1, 0.15) is 5.82 Å². The second-order valence-corrected chi connectivity index (χ2v) is 6.73. The van der Waals surface area contributed by atoms with E-state index in [1.54, 1.807) is 24.0 Å². The number of amides is 2. The summed E-state index contributed by atoms with van der Waals surface area (Å²) in [7, 11) is 0. The first-order chi connectivity index (χ1) is 13.5. The molecule has 2 aromatic rings. The predicted octanol–water partition coefficient (Wildman–Crippen LogP) is 3.07. The summed E-state index contributed by atoms with van der Waals surface area (Å²) in [6.07, 6.45) is 1.34. The molecule has 2 heterocycles. The molecule has 0 bridgehead atoms. The van der Waals surface area contributed by atoms with Crippen molar-refractivity contribution in [1.29, 1.82) is 0 Å². The Hall–Kier alpha value is -3.16. The highest BCUT2D eigenvalue weighted by atomic mass is 16.6. The van der Waals surface area contributed by atoms with E-state index >= 15 is 0 Å². The van der Waals surface area contributed by atoms with Gasteiger partial charge in [-0.05, 0) is 51.0 Å². The van der Waals surface area contributed by atoms with E-state index in [-0.39, 0.29) is 23.7 Å². The monoisotopic (exact) mass is 383 g/mol. The normalized spacial score (nSPS) is 14.4. The Labute approximate surface area is 164 Å². The van der Waals surface area contributed by atoms with E-state index in [1.807, 2.05) is 31.2 Å². The molecule has 8 nitrogen and oxygen atoms in total. The van der Waals surface area contributed by atoms with Crippen LogP contribution in [0.5, 0.6) is 0 Å². The van der Waals surface area contributed by atoms with Crippen LogP contribution in [0.25, 0.3) is 0 Å². The van der Waals surface area contributed by atoms with Crippen molar-refractivity contribution in [3.8, 4) is 0 Å². The van der Waals surface area contributed by atoms with Gasteiger partial charge in [0.05, 0.1) is 6.61 Å². The molecular formula is C20H25N5O3. The van der Waals surface area contributed by atoms with Gasteiger partial charge in [0.2, 0.25) is 0 Å². The third-order valence-corrected chi connectivity index (χ3v) is 4.58. The first-order valence-corrected chi connectivity index (χ1v) is 9.45. The van der Waals surface area contributed by atoms with Crippen molar-refractivity contribution in [2.45, 2.75) is 32.7 Å². The summed E-state index contributed by atoms with van der Waals surface area (Å²) in [4.78, 5) is 25.7. The number of anilines is 2. The van der Waals surface area contributed by atoms with E-state index in [1.165, 1.54) is 0 Å². The molecule has 1 aromatic carbocycles. The zero-order valence-corrected chi connectivity index (χ0v) is 16.1. The average Bonchev–Trinajstić information content (AvgIpc) is 2.71. The summed E-state index contributed by atoms with van der Waals surface area (Å²) in [5.74, 6) is 0.312. The van der Waals surface area contributed by atoms with Crippen molar-refractivity contribution in [3.63, 3.8) is 0 Å². The zero-order chi connectivity index (χ0) is 19.9. The van der Waals surface area contributed by atoms with Crippen LogP contribution in [0.2, 0.25) is 0 Å². The van der Waals surface area contributed by atoms with Crippen LogP contribution in [-0.2, 0) is 4.74 Å². The summed E-state index contributed by atoms with van der Waals surface area (Å²) in [5.41, 5.74) is 2.09. The van der Waals surface area contributed by atoms with E-state index in [2.05, 4.69) is 20.8 Å². The third kappa shape index (κ3) is 5.18. The summed E-state index contributed by atoms with van der Waals surface area (Å²) >= 11 is 0. The van der Waals surface area contributed by atoms with Crippen LogP contribution in [0, 0.1) is 6.92 Å². The zero-order valence-electron chi connectivity index (χ0n) is 16.1. The van der Waals surface area contributed by atoms with E-state index < -0.39 is 0 Å². The first-order valence-electron chi connectivity index (χ1n) is 9.45. The molecule has 0 spiro atoms. The van der Waals surface area contributed by atoms with Gasteiger partial charge >= 0.3 is 6.09 Å². The Balaban J connectivity index is 1.50. The molecule has 1 saturated heterocycles. The van der Waals surface area contributed by atoms with E-state index in [0.717, 1.165) is 18.4 Å². The molecule has 0 saturated carbocycles. The molecule has 3 rings (SSSR count). The van der Waals surface area contributed by atoms with Crippen LogP contribution in [0.1, 0.15) is 35.8 Å². The molecule has 1 aliphatic heterocycles. The summed E-state index contributed by atoms with van der Waals surface area (Å²) in [5, 5.41) is 14.2. The van der Waals surface area contributed by atoms with Gasteiger partial charge in [-0.25, -0.2) is 4.79 Å². The van der Waals surface area contributed by atoms with Gasteiger partial charge < -0.3 is 20.3 Å². The quantitative estimate of drug-likeness (QED) is 0.824. The summed E-state index contributed by atoms with van der Waals surface area (Å²) in [6.45, 7) is 5.46. The lowest BCUT2D eigenvalue weighted by Gasteiger charge is -2.31. The fourth-order valence-electron chi connectivity index (χ4n) is 2.99. The van der Waals surface area contributed by atoms with Gasteiger partial charge in [-0.3, -0.25) is 4.79 Å². The highest BCUT2D eigenvalue weighted by Crippen LogP contribution is 2.16. The molecule has 0 radical (unpaired) electrons. The van der Waals surface area contributed by atoms with Crippen molar-refractivity contribution in [1.82, 2.24) is 15.1 Å². The van der Waals surface area contributed by atoms with Gasteiger partial charge in [-0.1, -0.05) is 17.7 Å². The van der Waals surface area contributed by atoms with Crippen LogP contribution in [0.15, 0.2) is 36.4 Å². The number of benzene rings is 1. The summed E-state index contributed by atoms with van der Waals surface area (Å²) in [6, 6.07) is 11.1. The Morgan fingerprint density at radius 3 is 2.43 bits per heavy atom. The maximum atomic E-state index is 12.3. The van der Waals surface area contributed by atoms with Crippen molar-refractivity contribution in [3.05, 3.63) is 47.7 Å². The molecule has 0 atom stereocenters. The maximum Gasteiger partial charge on any atom is 0.409 e. The number of piperidine rings is 1. The first kappa shape index (κ1) is 19.6. The number of aryl methyl sites for hydroxylation is 1. The van der Waals surface area contributed by atoms with Crippen LogP contribution in [-0.4, -0.2) is 52.8 Å². The third-order valence-electron chi connectivity index (χ3n) is 4.58. The molecular weight excluding hydrogens is 358 g/mol. The molecule has 1 fully saturated rings. The molecule has 0 aliphatic carbocycles. The summed E-state index contributed by atoms with van der Waals surface area (Å²) < 4.78 is 5.03. The number of nitrogens with zero attached hydrogens (tertiary/aromatic N) is 3. The number of ether oxygens (including phenoxy) is 1. The van der Waals surface area contributed by atoms with Crippen molar-refractivity contribution < 1.29 is 14.3 Å². The molecule has 0 unspecified atom stereocenters. The van der Waals surface area contributed by atoms with E-state index in [9.17, 15) is 9.59 Å². The van der Waals surface area contributed by atoms with E-state index in [0.29, 0.717) is 31.2 Å². The number of hydrogen-bond donors (Lipinski definition) is 2. The lowest BCUT2D eigenvalue weighted by molar-refractivity contribution is 0.0982. The lowest BCUT2D eigenvalue weighted by Crippen LogP contribution is -2.42. The fourth-order valence-corrected chi connectivity index (χ4v) is 2.99. The van der Waals surface area contributed by atoms with Crippen LogP contribution in [0.3, 0.4) is 0 Å². The Morgan fingerprint density at radius 1 is 1.11 bits per heavy atom. The minimum absolute atomic E-state index is 0.201. The Bertz CT molecular complexity index is 800. The van der Waals surface area contributed by atoms with Crippen LogP contribution >= 0.6 is 0 Å². The fraction of sp³-hybridized carbons (Fsp3) is 0.400. The lowest BCUT2D eigenvalue weighted by atomic mass is 10.1. The highest BCUT2D eigenvalue weighted by molar-refractivity contribution is 6.02. The van der Waals surface area contributed by atoms with Gasteiger partial charge in [0.15, 0.2) is 5.69 Å². The van der Waals surface area contributed by atoms with Gasteiger partial charge in [0.25, 0.3) is 5.91 Å². The standard InChI is InChI=1S/C20H25N5O3/c1-3-28-20(27)25-12-10-16(11-13-25)21-18-9-8-17(23-24-18)19(26)22-15-6-4-14(2)5-7-15/h4-9,16H,3,10-13H2,1-2H3,(H,21,24)(H,22,26). The van der Waals surface area contributed by atoms with Crippen molar-refractivity contribution >= 4 is 23.5 Å². The molecule has 1 aromatic heterocycles. The molecule has 2 amide bonds. The van der Waals surface area contributed by atoms with Crippen LogP contribution < -0.4 is 10.6 Å². The largest absolute Gasteiger partial charge is 0.450 e. The topological polar surface area (TPSA) is 96.5 Å². The maximum absolute atomic E-state index is 12.3. The number of carbonyl (C=O) groups excluding carboxylic acids is 2. The Morgan fingerprint density at radius 2 is 1.82 bits per heavy atom. The van der Waals surface area contributed by atoms with Gasteiger partial charge in [0, 0.05) is 24.8 Å². The second kappa shape index (κ2) is 9.16. The van der Waals surface area contributed by atoms with Crippen molar-refractivity contribution in [2.75, 3.05) is 30.3 Å². The number of nitrogens with one attached hydrogen (secondary N) is 2. The number of hydrogen-bond acceptors (Lipinski definition) is 6. The second-order valence-electron chi connectivity index (χ2n) is 6.73. The molecule has 28 heavy (non-hydrogen) atoms. The number of aromatic nitrogens is 2. The molecule has 1 aliphatic rings. The number of likely N-dealkylation sites (tertiary alicyclic amines) is 1. The van der Waals surface area contributed by atoms with E-state index in [4.69, 9.17) is 4.74 Å². The molecule has 2 N–H and O–H groups in total. The smallest absolute Gasteiger partial charge is 0.409 e. The minimum atomic E-state index is -0.300. The van der Waals surface area contributed by atoms with Crippen molar-refractivity contribution in [2.24, 2.45) is 0 Å². The predicted molar refractivity (Wildman–Crippen MR) is 106 cm³/mol. The van der Waals surface area contributed by atoms with Gasteiger partial charge in [-0.15, -0.1) is 10.2 Å². The SMILES string of the molecule is CCOC(=O)N1CCC(Nc2ccc(C(=O)Nc3ccc(C)cc3)nn2)CC1. The van der Waals surface area contributed by atoms with Crippen LogP contribution in [0.4, 0.5) is 16.3 Å². The molecule has 148 valence electrons. The average molecular weight is 383 g/mol. The number of rotatable bonds is 5. The highest BCUT2D eigenvalue weighted by Gasteiger charge is 2.23. The Kier molecular flexibility index (Phi) is 6.41. The minimum Gasteiger partial charge on any atom is -0.450 e. The molecule has 8 heteroatoms. The number of carbonyl (C=O) groups is 2. The van der Waals surface area contributed by atoms with Gasteiger partial charge in [-0.2, -0.15) is 0 Å².